The van der Waals surface area contributed by atoms with E-state index in [0.717, 1.165) is 0 Å². The van der Waals surface area contributed by atoms with Gasteiger partial charge in [0, 0.05) is 97.8 Å². The molecule has 5 heterocycles. The first-order valence-electron chi connectivity index (χ1n) is 42.4. The number of aryl methyl sites for hydroxylation is 10. The van der Waals surface area contributed by atoms with Crippen LogP contribution in [0, 0.1) is 45.4 Å². The summed E-state index contributed by atoms with van der Waals surface area (Å²) >= 11 is 0. The molecule has 5 nitrogen and oxygen atoms in total. The predicted molar refractivity (Wildman–Crippen MR) is 440 cm³/mol. The van der Waals surface area contributed by atoms with Gasteiger partial charge >= 0.3 is 0 Å². The SMILES string of the molecule is Cc1ccccc1-c1c2c(cc[n+]1C)C1(CCCC1)CC2.Cc1ccccc1-c1c2c(cc[n+]1C)CC1(CCCC1)C2.Cc1ccccc1-c1c2c(cc[n+]1C)CCC21CCCC1.Cc1ccccc1-c1ccc2c([n+]1C)C1(CCCCC1)CC2.Cc1ccccc1-c1ccc2c([n+]1C)CC1(CCCCC1)C2. The molecule has 0 N–H and O–H groups in total. The minimum atomic E-state index is 0.473. The third-order valence-corrected chi connectivity index (χ3v) is 29.4. The van der Waals surface area contributed by atoms with Gasteiger partial charge in [-0.05, 0) is 260 Å². The monoisotopic (exact) mass is 1420 g/mol. The molecular formula is C102H124N5+5. The van der Waals surface area contributed by atoms with Gasteiger partial charge in [-0.15, -0.1) is 0 Å². The highest BCUT2D eigenvalue weighted by atomic mass is 15.0. The first kappa shape index (κ1) is 73.0. The minimum Gasteiger partial charge on any atom is -0.201 e. The molecule has 0 bridgehead atoms. The number of hydrogen-bond donors (Lipinski definition) is 0. The van der Waals surface area contributed by atoms with Crippen LogP contribution in [0.5, 0.6) is 0 Å². The van der Waals surface area contributed by atoms with E-state index in [0.29, 0.717) is 27.1 Å². The summed E-state index contributed by atoms with van der Waals surface area (Å²) in [5, 5.41) is 0. The highest BCUT2D eigenvalue weighted by molar-refractivity contribution is 5.70. The van der Waals surface area contributed by atoms with E-state index < -0.39 is 0 Å². The van der Waals surface area contributed by atoms with Crippen LogP contribution in [-0.4, -0.2) is 0 Å². The Balaban J connectivity index is 0.000000102. The molecule has 552 valence electrons. The molecule has 10 aliphatic rings. The lowest BCUT2D eigenvalue weighted by Crippen LogP contribution is -2.44. The van der Waals surface area contributed by atoms with Crippen molar-refractivity contribution >= 4 is 0 Å². The zero-order valence-electron chi connectivity index (χ0n) is 67.2. The van der Waals surface area contributed by atoms with E-state index in [9.17, 15) is 0 Å². The Labute approximate surface area is 643 Å². The first-order valence-corrected chi connectivity index (χ1v) is 42.4. The van der Waals surface area contributed by atoms with Gasteiger partial charge in [0.05, 0.1) is 5.41 Å². The number of fused-ring (bicyclic) bond motifs is 8. The van der Waals surface area contributed by atoms with Gasteiger partial charge in [-0.2, -0.15) is 9.13 Å². The molecule has 5 saturated carbocycles. The lowest BCUT2D eigenvalue weighted by atomic mass is 9.72. The number of rotatable bonds is 5. The van der Waals surface area contributed by atoms with Gasteiger partial charge in [0.2, 0.25) is 28.5 Å². The third kappa shape index (κ3) is 13.8. The molecule has 0 radical (unpaired) electrons. The smallest absolute Gasteiger partial charge is 0.201 e. The Bertz CT molecular complexity index is 4930. The first-order chi connectivity index (χ1) is 52.0. The maximum Gasteiger partial charge on any atom is 0.216 e. The van der Waals surface area contributed by atoms with Crippen LogP contribution < -0.4 is 22.8 Å². The summed E-state index contributed by atoms with van der Waals surface area (Å²) in [5.41, 5.74) is 39.9. The largest absolute Gasteiger partial charge is 0.216 e. The van der Waals surface area contributed by atoms with Crippen molar-refractivity contribution in [3.63, 3.8) is 0 Å². The van der Waals surface area contributed by atoms with Crippen LogP contribution in [0.1, 0.15) is 244 Å². The van der Waals surface area contributed by atoms with E-state index in [1.165, 1.54) is 290 Å². The Morgan fingerprint density at radius 3 is 1.21 bits per heavy atom. The van der Waals surface area contributed by atoms with E-state index >= 15 is 0 Å². The molecule has 5 aromatic carbocycles. The fourth-order valence-electron chi connectivity index (χ4n) is 23.7. The third-order valence-electron chi connectivity index (χ3n) is 29.4. The van der Waals surface area contributed by atoms with Crippen LogP contribution in [0.2, 0.25) is 0 Å². The highest BCUT2D eigenvalue weighted by Gasteiger charge is 2.50. The number of nitrogens with zero attached hydrogens (tertiary/aromatic N) is 5. The normalized spacial score (nSPS) is 19.2. The molecule has 0 unspecified atom stereocenters. The van der Waals surface area contributed by atoms with E-state index in [1.807, 2.05) is 0 Å². The summed E-state index contributed by atoms with van der Waals surface area (Å²) in [6.07, 6.45) is 51.1. The summed E-state index contributed by atoms with van der Waals surface area (Å²) < 4.78 is 12.0. The van der Waals surface area contributed by atoms with Crippen molar-refractivity contribution in [3.05, 3.63) is 266 Å². The van der Waals surface area contributed by atoms with Crippen molar-refractivity contribution in [1.82, 2.24) is 0 Å². The molecular weight excluding hydrogens is 1300 g/mol. The number of hydrogen-bond acceptors (Lipinski definition) is 0. The molecule has 0 aliphatic heterocycles. The van der Waals surface area contributed by atoms with Crippen molar-refractivity contribution in [3.8, 4) is 56.3 Å². The molecule has 0 saturated heterocycles. The van der Waals surface area contributed by atoms with Crippen LogP contribution in [0.3, 0.4) is 0 Å². The summed E-state index contributed by atoms with van der Waals surface area (Å²) in [5.74, 6) is 0. The second-order valence-electron chi connectivity index (χ2n) is 35.9. The molecule has 10 aromatic rings. The Hall–Kier alpha value is -8.15. The maximum atomic E-state index is 2.52. The van der Waals surface area contributed by atoms with Crippen molar-refractivity contribution in [2.24, 2.45) is 46.1 Å². The predicted octanol–water partition coefficient (Wildman–Crippen LogP) is 21.8. The van der Waals surface area contributed by atoms with Gasteiger partial charge in [0.25, 0.3) is 0 Å². The molecule has 10 aliphatic carbocycles. The van der Waals surface area contributed by atoms with Crippen LogP contribution >= 0.6 is 0 Å². The molecule has 5 spiro atoms. The van der Waals surface area contributed by atoms with Gasteiger partial charge in [-0.1, -0.05) is 168 Å². The standard InChI is InChI=1S/2C21H26N.3C20H24N/c1-16-8-4-5-9-18(16)19-11-10-17-12-15-21(20(17)22(19)2)13-6-3-7-14-21;1-16-8-4-5-9-18(16)19-11-10-17-14-21(12-6-3-7-13-21)15-20(17)22(19)2;1-15-7-3-4-8-17(15)19-18-16(10-14-21(19)2)9-13-20(18)11-5-6-12-20;1-15-7-3-4-8-16(15)19-17-9-13-20(11-5-6-12-20)18(17)10-14-21(19)2;1-15-7-3-4-8-17(15)19-18-14-20(10-5-6-11-20)13-16(18)9-12-21(19)2/h2*4-5,8-11H,3,6-7,12-15H2,1-2H3;2*3-4,7-8,10,14H,5-6,9,11-13H2,1-2H3;3-4,7-9,12H,5-6,10-11,13-14H2,1-2H3/q5*+1. The summed E-state index contributed by atoms with van der Waals surface area (Å²) in [6, 6.07) is 60.7. The number of aromatic nitrogens is 5. The van der Waals surface area contributed by atoms with E-state index in [1.54, 1.807) is 55.9 Å². The molecule has 5 aromatic heterocycles. The van der Waals surface area contributed by atoms with Crippen molar-refractivity contribution in [1.29, 1.82) is 0 Å². The zero-order valence-corrected chi connectivity index (χ0v) is 67.2. The van der Waals surface area contributed by atoms with Crippen LogP contribution in [-0.2, 0) is 96.4 Å². The molecule has 5 fully saturated rings. The lowest BCUT2D eigenvalue weighted by Gasteiger charge is -2.32. The van der Waals surface area contributed by atoms with Crippen LogP contribution in [0.4, 0.5) is 0 Å². The summed E-state index contributed by atoms with van der Waals surface area (Å²) in [7, 11) is 11.2. The zero-order chi connectivity index (χ0) is 73.7. The molecule has 0 atom stereocenters. The van der Waals surface area contributed by atoms with Crippen molar-refractivity contribution in [2.45, 2.75) is 256 Å². The lowest BCUT2D eigenvalue weighted by molar-refractivity contribution is -0.672. The van der Waals surface area contributed by atoms with E-state index in [4.69, 9.17) is 0 Å². The minimum absolute atomic E-state index is 0.473. The number of benzene rings is 5. The van der Waals surface area contributed by atoms with E-state index in [-0.39, 0.29) is 0 Å². The molecule has 107 heavy (non-hydrogen) atoms. The van der Waals surface area contributed by atoms with Crippen molar-refractivity contribution in [2.75, 3.05) is 0 Å². The molecule has 0 amide bonds. The Morgan fingerprint density at radius 1 is 0.271 bits per heavy atom. The van der Waals surface area contributed by atoms with Crippen molar-refractivity contribution < 1.29 is 22.8 Å². The summed E-state index contributed by atoms with van der Waals surface area (Å²) in [6.45, 7) is 11.1. The fourth-order valence-corrected chi connectivity index (χ4v) is 23.7. The van der Waals surface area contributed by atoms with E-state index in [2.05, 4.69) is 275 Å². The number of pyridine rings is 5. The Kier molecular flexibility index (Phi) is 20.7. The second-order valence-corrected chi connectivity index (χ2v) is 35.9. The maximum absolute atomic E-state index is 2.52. The molecule has 5 heteroatoms. The van der Waals surface area contributed by atoms with Gasteiger partial charge in [-0.25, -0.2) is 13.7 Å². The average Bonchev–Trinajstić information content (AvgIpc) is 0.764. The quantitative estimate of drug-likeness (QED) is 0.153. The second kappa shape index (κ2) is 30.4. The van der Waals surface area contributed by atoms with Gasteiger partial charge < -0.3 is 0 Å². The van der Waals surface area contributed by atoms with Gasteiger partial charge in [0.1, 0.15) is 35.2 Å². The van der Waals surface area contributed by atoms with Gasteiger partial charge in [-0.3, -0.25) is 0 Å². The van der Waals surface area contributed by atoms with Gasteiger partial charge in [0.15, 0.2) is 30.0 Å². The van der Waals surface area contributed by atoms with Crippen LogP contribution in [0.15, 0.2) is 182 Å². The fraction of sp³-hybridized carbons (Fsp3) is 0.461. The van der Waals surface area contributed by atoms with Crippen LogP contribution in [0.25, 0.3) is 56.3 Å². The average molecular weight is 1420 g/mol. The molecule has 20 rings (SSSR count). The highest BCUT2D eigenvalue weighted by Crippen LogP contribution is 2.56. The topological polar surface area (TPSA) is 19.4 Å². The summed E-state index contributed by atoms with van der Waals surface area (Å²) in [4.78, 5) is 0. The Morgan fingerprint density at radius 2 is 0.654 bits per heavy atom.